The molecule has 138 valence electrons. The molecule has 0 aliphatic heterocycles. The van der Waals surface area contributed by atoms with E-state index in [0.29, 0.717) is 12.2 Å². The number of non-ortho nitro benzene ring substituents is 1. The zero-order valence-electron chi connectivity index (χ0n) is 13.9. The van der Waals surface area contributed by atoms with E-state index in [9.17, 15) is 18.5 Å². The number of sulfonamides is 1. The Labute approximate surface area is 151 Å². The number of rotatable bonds is 7. The summed E-state index contributed by atoms with van der Waals surface area (Å²) in [4.78, 5) is 10.1. The van der Waals surface area contributed by atoms with Gasteiger partial charge in [-0.05, 0) is 31.4 Å². The van der Waals surface area contributed by atoms with Crippen molar-refractivity contribution in [2.45, 2.75) is 36.8 Å². The van der Waals surface area contributed by atoms with E-state index in [1.54, 1.807) is 0 Å². The third kappa shape index (κ3) is 4.30. The minimum atomic E-state index is -4.05. The molecule has 26 heavy (non-hydrogen) atoms. The topological polar surface area (TPSA) is 125 Å². The summed E-state index contributed by atoms with van der Waals surface area (Å²) in [7, 11) is -4.05. The largest absolute Gasteiger partial charge is 0.490 e. The van der Waals surface area contributed by atoms with Crippen LogP contribution in [-0.4, -0.2) is 19.4 Å². The maximum absolute atomic E-state index is 11.6. The molecule has 9 heteroatoms. The molecule has 0 radical (unpaired) electrons. The lowest BCUT2D eigenvalue weighted by atomic mass is 9.96. The van der Waals surface area contributed by atoms with Gasteiger partial charge in [0.2, 0.25) is 10.0 Å². The predicted octanol–water partition coefficient (Wildman–Crippen LogP) is 2.79. The molecule has 0 amide bonds. The standard InChI is InChI=1S/C17H19N3O5S/c18-26(23,24)16-9-13(8-14(10-16)20(21)22)19-11-12-4-1-2-7-17(12)25-15-5-3-6-15/h1-2,4,7-10,15,19H,3,5-6,11H2,(H2,18,23,24). The first kappa shape index (κ1) is 18.2. The van der Waals surface area contributed by atoms with Gasteiger partial charge in [-0.3, -0.25) is 10.1 Å². The van der Waals surface area contributed by atoms with E-state index in [-0.39, 0.29) is 16.7 Å². The second-order valence-electron chi connectivity index (χ2n) is 6.15. The lowest BCUT2D eigenvalue weighted by molar-refractivity contribution is -0.385. The number of nitro benzene ring substituents is 1. The second-order valence-corrected chi connectivity index (χ2v) is 7.71. The van der Waals surface area contributed by atoms with Crippen molar-refractivity contribution < 1.29 is 18.1 Å². The second kappa shape index (κ2) is 7.30. The molecule has 3 N–H and O–H groups in total. The van der Waals surface area contributed by atoms with E-state index in [0.717, 1.165) is 36.6 Å². The van der Waals surface area contributed by atoms with Gasteiger partial charge in [0.15, 0.2) is 0 Å². The van der Waals surface area contributed by atoms with Crippen LogP contribution in [0.3, 0.4) is 0 Å². The van der Waals surface area contributed by atoms with Crippen molar-refractivity contribution in [2.75, 3.05) is 5.32 Å². The van der Waals surface area contributed by atoms with Crippen LogP contribution in [0, 0.1) is 10.1 Å². The number of nitrogens with one attached hydrogen (secondary N) is 1. The number of anilines is 1. The van der Waals surface area contributed by atoms with Crippen molar-refractivity contribution >= 4 is 21.4 Å². The summed E-state index contributed by atoms with van der Waals surface area (Å²) < 4.78 is 29.1. The van der Waals surface area contributed by atoms with Gasteiger partial charge in [0, 0.05) is 29.9 Å². The van der Waals surface area contributed by atoms with Gasteiger partial charge >= 0.3 is 0 Å². The van der Waals surface area contributed by atoms with Gasteiger partial charge in [-0.25, -0.2) is 13.6 Å². The van der Waals surface area contributed by atoms with E-state index < -0.39 is 14.9 Å². The van der Waals surface area contributed by atoms with Crippen LogP contribution in [0.2, 0.25) is 0 Å². The molecule has 0 saturated heterocycles. The highest BCUT2D eigenvalue weighted by Crippen LogP contribution is 2.29. The number of primary sulfonamides is 1. The SMILES string of the molecule is NS(=O)(=O)c1cc(NCc2ccccc2OC2CCC2)cc([N+](=O)[O-])c1. The lowest BCUT2D eigenvalue weighted by Crippen LogP contribution is -2.25. The maximum atomic E-state index is 11.6. The van der Waals surface area contributed by atoms with E-state index in [4.69, 9.17) is 9.88 Å². The van der Waals surface area contributed by atoms with Crippen LogP contribution in [0.5, 0.6) is 5.75 Å². The van der Waals surface area contributed by atoms with E-state index >= 15 is 0 Å². The molecule has 3 rings (SSSR count). The van der Waals surface area contributed by atoms with Crippen LogP contribution in [0.1, 0.15) is 24.8 Å². The molecule has 1 saturated carbocycles. The summed E-state index contributed by atoms with van der Waals surface area (Å²) in [5.74, 6) is 0.752. The molecule has 0 bridgehead atoms. The Kier molecular flexibility index (Phi) is 5.10. The number of benzene rings is 2. The average Bonchev–Trinajstić information content (AvgIpc) is 2.56. The minimum absolute atomic E-state index is 0.225. The molecule has 0 aromatic heterocycles. The third-order valence-corrected chi connectivity index (χ3v) is 5.12. The molecule has 0 atom stereocenters. The highest BCUT2D eigenvalue weighted by atomic mass is 32.2. The molecule has 1 aliphatic carbocycles. The molecular weight excluding hydrogens is 358 g/mol. The molecule has 2 aromatic rings. The van der Waals surface area contributed by atoms with Gasteiger partial charge in [0.25, 0.3) is 5.69 Å². The highest BCUT2D eigenvalue weighted by Gasteiger charge is 2.20. The fourth-order valence-corrected chi connectivity index (χ4v) is 3.16. The Balaban J connectivity index is 1.81. The molecule has 1 fully saturated rings. The molecule has 0 heterocycles. The monoisotopic (exact) mass is 377 g/mol. The van der Waals surface area contributed by atoms with Gasteiger partial charge in [-0.2, -0.15) is 0 Å². The average molecular weight is 377 g/mol. The quantitative estimate of drug-likeness (QED) is 0.565. The van der Waals surface area contributed by atoms with E-state index in [1.165, 1.54) is 12.1 Å². The van der Waals surface area contributed by atoms with Crippen LogP contribution >= 0.6 is 0 Å². The zero-order valence-corrected chi connectivity index (χ0v) is 14.7. The first-order valence-corrected chi connectivity index (χ1v) is 9.68. The molecule has 2 aromatic carbocycles. The first-order valence-electron chi connectivity index (χ1n) is 8.13. The summed E-state index contributed by atoms with van der Waals surface area (Å²) in [5, 5.41) is 19.2. The Bertz CT molecular complexity index is 926. The fourth-order valence-electron chi connectivity index (χ4n) is 2.59. The maximum Gasteiger partial charge on any atom is 0.272 e. The van der Waals surface area contributed by atoms with Crippen LogP contribution in [0.4, 0.5) is 11.4 Å². The number of nitro groups is 1. The Morgan fingerprint density at radius 1 is 1.23 bits per heavy atom. The summed E-state index contributed by atoms with van der Waals surface area (Å²) >= 11 is 0. The lowest BCUT2D eigenvalue weighted by Gasteiger charge is -2.27. The summed E-state index contributed by atoms with van der Waals surface area (Å²) in [6.07, 6.45) is 3.45. The van der Waals surface area contributed by atoms with Gasteiger partial charge in [-0.1, -0.05) is 18.2 Å². The van der Waals surface area contributed by atoms with Crippen molar-refractivity contribution in [2.24, 2.45) is 5.14 Å². The molecule has 1 aliphatic rings. The van der Waals surface area contributed by atoms with Crippen molar-refractivity contribution in [3.05, 3.63) is 58.1 Å². The number of ether oxygens (including phenoxy) is 1. The number of nitrogens with two attached hydrogens (primary N) is 1. The van der Waals surface area contributed by atoms with Crippen molar-refractivity contribution in [1.29, 1.82) is 0 Å². The fraction of sp³-hybridized carbons (Fsp3) is 0.294. The number of para-hydroxylation sites is 1. The van der Waals surface area contributed by atoms with Crippen molar-refractivity contribution in [3.8, 4) is 5.75 Å². The minimum Gasteiger partial charge on any atom is -0.490 e. The summed E-state index contributed by atoms with van der Waals surface area (Å²) in [6, 6.07) is 11.0. The molecule has 8 nitrogen and oxygen atoms in total. The molecular formula is C17H19N3O5S. The number of nitrogens with zero attached hydrogens (tertiary/aromatic N) is 1. The number of hydrogen-bond acceptors (Lipinski definition) is 6. The van der Waals surface area contributed by atoms with Crippen molar-refractivity contribution in [1.82, 2.24) is 0 Å². The summed E-state index contributed by atoms with van der Waals surface area (Å²) in [6.45, 7) is 0.328. The third-order valence-electron chi connectivity index (χ3n) is 4.23. The molecule has 0 unspecified atom stereocenters. The smallest absolute Gasteiger partial charge is 0.272 e. The van der Waals surface area contributed by atoms with Crippen LogP contribution in [-0.2, 0) is 16.6 Å². The van der Waals surface area contributed by atoms with E-state index in [2.05, 4.69) is 5.32 Å². The van der Waals surface area contributed by atoms with Gasteiger partial charge in [0.05, 0.1) is 15.9 Å². The van der Waals surface area contributed by atoms with Gasteiger partial charge < -0.3 is 10.1 Å². The Morgan fingerprint density at radius 3 is 2.58 bits per heavy atom. The Hall–Kier alpha value is -2.65. The normalized spacial score (nSPS) is 14.5. The highest BCUT2D eigenvalue weighted by molar-refractivity contribution is 7.89. The van der Waals surface area contributed by atoms with Gasteiger partial charge in [-0.15, -0.1) is 0 Å². The van der Waals surface area contributed by atoms with Crippen LogP contribution < -0.4 is 15.2 Å². The first-order chi connectivity index (χ1) is 12.3. The van der Waals surface area contributed by atoms with E-state index in [1.807, 2.05) is 24.3 Å². The Morgan fingerprint density at radius 2 is 1.96 bits per heavy atom. The van der Waals surface area contributed by atoms with Crippen molar-refractivity contribution in [3.63, 3.8) is 0 Å². The van der Waals surface area contributed by atoms with Crippen LogP contribution in [0.15, 0.2) is 47.4 Å². The van der Waals surface area contributed by atoms with Gasteiger partial charge in [0.1, 0.15) is 5.75 Å². The predicted molar refractivity (Wildman–Crippen MR) is 96.5 cm³/mol. The number of hydrogen-bond donors (Lipinski definition) is 2. The zero-order chi connectivity index (χ0) is 18.7. The summed E-state index contributed by atoms with van der Waals surface area (Å²) in [5.41, 5.74) is 0.822. The van der Waals surface area contributed by atoms with Crippen LogP contribution in [0.25, 0.3) is 0 Å². The molecule has 0 spiro atoms.